The zero-order valence-electron chi connectivity index (χ0n) is 24.5. The number of benzene rings is 1. The average molecular weight is 594 g/mol. The number of carboxylic acid groups (broad SMARTS) is 1. The van der Waals surface area contributed by atoms with Gasteiger partial charge < -0.3 is 25.5 Å². The number of carbonyl (C=O) groups is 2. The van der Waals surface area contributed by atoms with Gasteiger partial charge in [0.2, 0.25) is 0 Å². The highest BCUT2D eigenvalue weighted by molar-refractivity contribution is 5.96. The molecule has 1 aromatic carbocycles. The van der Waals surface area contributed by atoms with Gasteiger partial charge in [-0.2, -0.15) is 0 Å². The van der Waals surface area contributed by atoms with Crippen LogP contribution in [0, 0.1) is 51.0 Å². The number of terminal acetylenes is 1. The van der Waals surface area contributed by atoms with Crippen LogP contribution in [0.5, 0.6) is 0 Å². The number of aliphatic hydroxyl groups excluding tert-OH is 1. The van der Waals surface area contributed by atoms with Crippen molar-refractivity contribution in [1.29, 1.82) is 0 Å². The molecule has 3 saturated carbocycles. The topological polar surface area (TPSA) is 172 Å². The van der Waals surface area contributed by atoms with E-state index in [1.54, 1.807) is 0 Å². The van der Waals surface area contributed by atoms with Gasteiger partial charge in [-0.25, -0.2) is 4.79 Å². The fourth-order valence-electron chi connectivity index (χ4n) is 8.58. The molecule has 3 fully saturated rings. The van der Waals surface area contributed by atoms with Crippen molar-refractivity contribution in [2.45, 2.75) is 83.0 Å². The lowest BCUT2D eigenvalue weighted by Crippen LogP contribution is -2.54. The van der Waals surface area contributed by atoms with Gasteiger partial charge in [-0.3, -0.25) is 14.9 Å². The summed E-state index contributed by atoms with van der Waals surface area (Å²) in [6.07, 6.45) is 13.2. The average Bonchev–Trinajstić information content (AvgIpc) is 3.26. The molecule has 0 saturated heterocycles. The molecule has 0 spiro atoms. The molecule has 0 bridgehead atoms. The van der Waals surface area contributed by atoms with E-state index in [1.807, 2.05) is 0 Å². The Bertz CT molecular complexity index is 1420. The molecule has 4 aliphatic rings. The van der Waals surface area contributed by atoms with Gasteiger partial charge in [0.15, 0.2) is 12.6 Å². The van der Waals surface area contributed by atoms with Crippen LogP contribution in [0.15, 0.2) is 41.1 Å². The van der Waals surface area contributed by atoms with Crippen LogP contribution in [0.25, 0.3) is 0 Å². The van der Waals surface area contributed by atoms with Crippen molar-refractivity contribution in [3.05, 3.63) is 51.6 Å². The molecule has 11 heteroatoms. The molecule has 11 nitrogen and oxygen atoms in total. The second kappa shape index (κ2) is 11.4. The van der Waals surface area contributed by atoms with Gasteiger partial charge in [0, 0.05) is 17.5 Å². The molecule has 0 unspecified atom stereocenters. The number of nitrogens with zero attached hydrogens (tertiary/aromatic N) is 2. The van der Waals surface area contributed by atoms with Gasteiger partial charge in [-0.05, 0) is 86.2 Å². The number of amides is 1. The first-order valence-corrected chi connectivity index (χ1v) is 14.9. The minimum atomic E-state index is -1.74. The molecular formula is C32H39N3O8. The molecule has 43 heavy (non-hydrogen) atoms. The Morgan fingerprint density at radius 3 is 2.65 bits per heavy atom. The zero-order chi connectivity index (χ0) is 31.2. The van der Waals surface area contributed by atoms with Gasteiger partial charge in [0.25, 0.3) is 11.6 Å². The number of hydrogen-bond acceptors (Lipinski definition) is 8. The lowest BCUT2D eigenvalue weighted by Gasteiger charge is -2.58. The van der Waals surface area contributed by atoms with Crippen molar-refractivity contribution in [2.75, 3.05) is 6.61 Å². The van der Waals surface area contributed by atoms with E-state index in [-0.39, 0.29) is 22.1 Å². The number of rotatable bonds is 8. The molecule has 5 rings (SSSR count). The third-order valence-corrected chi connectivity index (χ3v) is 11.1. The number of nitro benzene ring substituents is 1. The van der Waals surface area contributed by atoms with Crippen LogP contribution >= 0.6 is 0 Å². The first kappa shape index (κ1) is 30.7. The number of hydrogen-bond donors (Lipinski definition) is 4. The summed E-state index contributed by atoms with van der Waals surface area (Å²) in [7, 11) is 0. The van der Waals surface area contributed by atoms with Crippen molar-refractivity contribution in [2.24, 2.45) is 33.7 Å². The number of allylic oxidation sites excluding steroid dienone is 2. The van der Waals surface area contributed by atoms with Crippen LogP contribution in [-0.2, 0) is 14.4 Å². The number of nitro groups is 1. The van der Waals surface area contributed by atoms with E-state index in [4.69, 9.17) is 11.3 Å². The van der Waals surface area contributed by atoms with E-state index in [9.17, 15) is 35.0 Å². The second-order valence-electron chi connectivity index (χ2n) is 13.0. The Labute approximate surface area is 250 Å². The van der Waals surface area contributed by atoms with E-state index in [2.05, 4.69) is 36.3 Å². The summed E-state index contributed by atoms with van der Waals surface area (Å²) in [5.74, 6) is 1.85. The van der Waals surface area contributed by atoms with Crippen molar-refractivity contribution >= 4 is 23.3 Å². The highest BCUT2D eigenvalue weighted by Gasteiger charge is 2.63. The van der Waals surface area contributed by atoms with E-state index < -0.39 is 41.2 Å². The highest BCUT2D eigenvalue weighted by atomic mass is 16.6. The third-order valence-electron chi connectivity index (χ3n) is 11.1. The summed E-state index contributed by atoms with van der Waals surface area (Å²) in [5.41, 5.74) is 0.464. The summed E-state index contributed by atoms with van der Waals surface area (Å²) in [6, 6.07) is 3.20. The summed E-state index contributed by atoms with van der Waals surface area (Å²) in [5, 5.41) is 48.7. The van der Waals surface area contributed by atoms with Crippen molar-refractivity contribution < 1.29 is 34.7 Å². The smallest absolute Gasteiger partial charge is 0.329 e. The maximum absolute atomic E-state index is 12.5. The standard InChI is InChI=1S/C32H39N3O8/c1-4-32(40)15-12-25-23-9-8-20-17-21(10-13-30(20,2)24(23)11-14-31(25,32)3)34-43-18-26(36)33-27(29(38)39)28(37)19-6-5-7-22(16-19)35(41)42/h1,5-7,16-17,23-25,27-28,37,40H,8-15,18H2,2-3H3,(H,33,36)(H,38,39)/b34-21-/t23-,24-,25-,27+,28+,30+,31+,32+/m1/s1. The quantitative estimate of drug-likeness (QED) is 0.200. The predicted molar refractivity (Wildman–Crippen MR) is 156 cm³/mol. The van der Waals surface area contributed by atoms with Crippen LogP contribution in [0.2, 0.25) is 0 Å². The molecule has 0 heterocycles. The Morgan fingerprint density at radius 2 is 1.95 bits per heavy atom. The van der Waals surface area contributed by atoms with Crippen LogP contribution in [0.3, 0.4) is 0 Å². The maximum Gasteiger partial charge on any atom is 0.329 e. The van der Waals surface area contributed by atoms with Crippen molar-refractivity contribution in [3.63, 3.8) is 0 Å². The fraction of sp³-hybridized carbons (Fsp3) is 0.594. The van der Waals surface area contributed by atoms with Gasteiger partial charge in [0.05, 0.1) is 10.6 Å². The minimum absolute atomic E-state index is 0.0167. The Morgan fingerprint density at radius 1 is 1.21 bits per heavy atom. The molecule has 8 atom stereocenters. The first-order valence-electron chi connectivity index (χ1n) is 14.9. The molecule has 4 N–H and O–H groups in total. The van der Waals surface area contributed by atoms with Crippen LogP contribution < -0.4 is 5.32 Å². The Balaban J connectivity index is 1.21. The fourth-order valence-corrected chi connectivity index (χ4v) is 8.58. The number of aliphatic hydroxyl groups is 2. The molecule has 0 radical (unpaired) electrons. The summed E-state index contributed by atoms with van der Waals surface area (Å²) in [6.45, 7) is 3.96. The molecule has 0 aliphatic heterocycles. The van der Waals surface area contributed by atoms with Gasteiger partial charge >= 0.3 is 5.97 Å². The minimum Gasteiger partial charge on any atom is -0.480 e. The highest BCUT2D eigenvalue weighted by Crippen LogP contribution is 2.67. The lowest BCUT2D eigenvalue weighted by molar-refractivity contribution is -0.385. The van der Waals surface area contributed by atoms with Gasteiger partial charge in [0.1, 0.15) is 11.7 Å². The van der Waals surface area contributed by atoms with Crippen molar-refractivity contribution in [1.82, 2.24) is 5.32 Å². The Hall–Kier alpha value is -3.75. The normalized spacial score (nSPS) is 35.3. The SMILES string of the molecule is C#C[C@]1(O)CC[C@@H]2[C@@H]3CCC4=C/C(=N\OCC(=O)N[C@H](C(=O)O)[C@@H](O)c5cccc([N+](=O)[O-])c5)CC[C@]4(C)[C@@H]3CC[C@@]21C. The molecule has 0 aromatic heterocycles. The van der Waals surface area contributed by atoms with Gasteiger partial charge in [-0.1, -0.05) is 42.6 Å². The molecule has 4 aliphatic carbocycles. The number of carboxylic acids is 1. The Kier molecular flexibility index (Phi) is 8.13. The lowest BCUT2D eigenvalue weighted by atomic mass is 9.46. The first-order chi connectivity index (χ1) is 20.3. The van der Waals surface area contributed by atoms with Gasteiger partial charge in [-0.15, -0.1) is 6.42 Å². The summed E-state index contributed by atoms with van der Waals surface area (Å²) < 4.78 is 0. The second-order valence-corrected chi connectivity index (χ2v) is 13.0. The molecule has 1 amide bonds. The molecule has 1 aromatic rings. The van der Waals surface area contributed by atoms with E-state index >= 15 is 0 Å². The van der Waals surface area contributed by atoms with E-state index in [0.717, 1.165) is 44.6 Å². The van der Waals surface area contributed by atoms with Crippen molar-refractivity contribution in [3.8, 4) is 12.3 Å². The van der Waals surface area contributed by atoms with E-state index in [0.29, 0.717) is 36.3 Å². The van der Waals surface area contributed by atoms with E-state index in [1.165, 1.54) is 23.8 Å². The zero-order valence-corrected chi connectivity index (χ0v) is 24.5. The maximum atomic E-state index is 12.5. The largest absolute Gasteiger partial charge is 0.480 e. The number of aliphatic carboxylic acids is 1. The number of oxime groups is 1. The number of fused-ring (bicyclic) bond motifs is 5. The molecular weight excluding hydrogens is 554 g/mol. The van der Waals surface area contributed by atoms with Crippen LogP contribution in [0.1, 0.15) is 76.9 Å². The van der Waals surface area contributed by atoms with Crippen LogP contribution in [-0.4, -0.2) is 56.1 Å². The predicted octanol–water partition coefficient (Wildman–Crippen LogP) is 3.90. The summed E-state index contributed by atoms with van der Waals surface area (Å²) in [4.78, 5) is 39.9. The van der Waals surface area contributed by atoms with Crippen LogP contribution in [0.4, 0.5) is 5.69 Å². The molecule has 230 valence electrons. The summed E-state index contributed by atoms with van der Waals surface area (Å²) >= 11 is 0. The monoisotopic (exact) mass is 593 g/mol. The number of nitrogens with one attached hydrogen (secondary N) is 1. The third kappa shape index (κ3) is 5.31. The number of carbonyl (C=O) groups excluding carboxylic acids is 1. The number of non-ortho nitro benzene ring substituents is 1.